The molecule has 2 aliphatic rings. The van der Waals surface area contributed by atoms with Gasteiger partial charge in [0.2, 0.25) is 0 Å². The Balaban J connectivity index is 1.22. The van der Waals surface area contributed by atoms with E-state index in [9.17, 15) is 4.79 Å². The van der Waals surface area contributed by atoms with Crippen molar-refractivity contribution in [2.75, 3.05) is 41.7 Å². The number of benzene rings is 2. The number of H-pyrrole nitrogens is 1. The Bertz CT molecular complexity index is 1440. The van der Waals surface area contributed by atoms with Crippen molar-refractivity contribution in [3.8, 4) is 0 Å². The van der Waals surface area contributed by atoms with E-state index in [-0.39, 0.29) is 11.3 Å². The molecule has 0 atom stereocenters. The zero-order chi connectivity index (χ0) is 25.4. The summed E-state index contributed by atoms with van der Waals surface area (Å²) >= 11 is 0. The van der Waals surface area contributed by atoms with E-state index >= 15 is 0 Å². The number of nitrogens with one attached hydrogen (secondary N) is 4. The van der Waals surface area contributed by atoms with Gasteiger partial charge in [-0.2, -0.15) is 5.10 Å². The smallest absolute Gasteiger partial charge is 0.259 e. The van der Waals surface area contributed by atoms with Crippen LogP contribution in [0.5, 0.6) is 0 Å². The highest BCUT2D eigenvalue weighted by Gasteiger charge is 2.36. The summed E-state index contributed by atoms with van der Waals surface area (Å²) in [5.41, 5.74) is 5.70. The van der Waals surface area contributed by atoms with Crippen LogP contribution >= 0.6 is 0 Å². The molecule has 2 aromatic carbocycles. The first-order valence-corrected chi connectivity index (χ1v) is 13.0. The van der Waals surface area contributed by atoms with E-state index in [0.717, 1.165) is 48.5 Å². The summed E-state index contributed by atoms with van der Waals surface area (Å²) in [6.07, 6.45) is 5.90. The number of nitrogens with zero attached hydrogens (tertiary/aromatic N) is 3. The van der Waals surface area contributed by atoms with Gasteiger partial charge in [0.15, 0.2) is 0 Å². The summed E-state index contributed by atoms with van der Waals surface area (Å²) in [6, 6.07) is 15.8. The summed E-state index contributed by atoms with van der Waals surface area (Å²) in [5, 5.41) is 18.0. The first-order valence-electron chi connectivity index (χ1n) is 13.0. The average Bonchev–Trinajstić information content (AvgIpc) is 3.46. The van der Waals surface area contributed by atoms with E-state index in [1.165, 1.54) is 24.1 Å². The molecular weight excluding hydrogens is 462 g/mol. The number of hydrogen-bond acceptors (Lipinski definition) is 6. The minimum Gasteiger partial charge on any atom is -0.370 e. The van der Waals surface area contributed by atoms with E-state index < -0.39 is 0 Å². The van der Waals surface area contributed by atoms with Crippen molar-refractivity contribution in [2.24, 2.45) is 5.92 Å². The van der Waals surface area contributed by atoms with E-state index in [4.69, 9.17) is 0 Å². The van der Waals surface area contributed by atoms with Crippen LogP contribution in [-0.4, -0.2) is 47.3 Å². The highest BCUT2D eigenvalue weighted by molar-refractivity contribution is 6.08. The van der Waals surface area contributed by atoms with Crippen LogP contribution in [0.25, 0.3) is 10.9 Å². The Morgan fingerprint density at radius 3 is 2.81 bits per heavy atom. The van der Waals surface area contributed by atoms with Crippen LogP contribution in [0.15, 0.2) is 60.9 Å². The molecule has 4 aromatic rings. The van der Waals surface area contributed by atoms with E-state index in [1.54, 1.807) is 24.5 Å². The second-order valence-electron chi connectivity index (χ2n) is 10.8. The molecule has 1 amide bonds. The van der Waals surface area contributed by atoms with Gasteiger partial charge in [-0.15, -0.1) is 0 Å². The van der Waals surface area contributed by atoms with Crippen molar-refractivity contribution >= 4 is 39.7 Å². The molecule has 2 aliphatic heterocycles. The van der Waals surface area contributed by atoms with Crippen LogP contribution in [-0.2, 0) is 5.41 Å². The number of fused-ring (bicyclic) bond motifs is 2. The molecule has 4 heterocycles. The zero-order valence-corrected chi connectivity index (χ0v) is 21.3. The normalized spacial score (nSPS) is 17.1. The lowest BCUT2D eigenvalue weighted by atomic mass is 9.87. The summed E-state index contributed by atoms with van der Waals surface area (Å²) in [7, 11) is 0. The number of hydrogen-bond donors (Lipinski definition) is 4. The fourth-order valence-corrected chi connectivity index (χ4v) is 5.67. The average molecular weight is 496 g/mol. The minimum absolute atomic E-state index is 0.0843. The van der Waals surface area contributed by atoms with Gasteiger partial charge in [-0.25, -0.2) is 4.98 Å². The molecule has 37 heavy (non-hydrogen) atoms. The van der Waals surface area contributed by atoms with E-state index in [0.29, 0.717) is 17.3 Å². The molecule has 190 valence electrons. The number of aromatic nitrogens is 3. The second-order valence-corrected chi connectivity index (χ2v) is 10.8. The third-order valence-electron chi connectivity index (χ3n) is 7.61. The van der Waals surface area contributed by atoms with Crippen LogP contribution in [0.1, 0.15) is 42.6 Å². The molecule has 2 aromatic heterocycles. The lowest BCUT2D eigenvalue weighted by molar-refractivity contribution is 0.102. The number of anilines is 4. The molecule has 0 unspecified atom stereocenters. The molecule has 6 rings (SSSR count). The van der Waals surface area contributed by atoms with Gasteiger partial charge in [-0.1, -0.05) is 19.9 Å². The third-order valence-corrected chi connectivity index (χ3v) is 7.61. The first kappa shape index (κ1) is 23.5. The molecule has 0 bridgehead atoms. The number of piperidine rings is 1. The number of carbonyl (C=O) groups is 1. The molecule has 4 N–H and O–H groups in total. The molecule has 8 nitrogen and oxygen atoms in total. The molecule has 0 spiro atoms. The van der Waals surface area contributed by atoms with Gasteiger partial charge >= 0.3 is 0 Å². The van der Waals surface area contributed by atoms with Gasteiger partial charge in [0, 0.05) is 47.1 Å². The number of carbonyl (C=O) groups excluding carboxylic acids is 1. The topological polar surface area (TPSA) is 98.0 Å². The molecule has 8 heteroatoms. The number of aromatic amines is 1. The van der Waals surface area contributed by atoms with Crippen LogP contribution in [0.3, 0.4) is 0 Å². The number of rotatable bonds is 6. The fraction of sp³-hybridized carbons (Fsp3) is 0.345. The summed E-state index contributed by atoms with van der Waals surface area (Å²) in [4.78, 5) is 20.4. The summed E-state index contributed by atoms with van der Waals surface area (Å²) < 4.78 is 0. The Morgan fingerprint density at radius 2 is 1.95 bits per heavy atom. The third kappa shape index (κ3) is 4.76. The standard InChI is InChI=1S/C29H33N7O/c1-29(2)18-36(17-19-9-12-30-13-10-19)26-15-22(7-8-24(26)29)34-28(37)23-4-3-11-31-27(23)33-21-6-5-20-16-32-35-25(20)14-21/h3-8,11,14-16,19,30H,9-10,12-13,17-18H2,1-2H3,(H,31,33)(H,32,35)(H,34,37). The Hall–Kier alpha value is -3.91. The van der Waals surface area contributed by atoms with Gasteiger partial charge in [0.1, 0.15) is 5.82 Å². The SMILES string of the molecule is CC1(C)CN(CC2CCNCC2)c2cc(NC(=O)c3cccnc3Nc3ccc4cn[nH]c4c3)ccc21. The van der Waals surface area contributed by atoms with Crippen molar-refractivity contribution < 1.29 is 4.79 Å². The summed E-state index contributed by atoms with van der Waals surface area (Å²) in [5.74, 6) is 1.01. The largest absolute Gasteiger partial charge is 0.370 e. The molecule has 0 radical (unpaired) electrons. The van der Waals surface area contributed by atoms with Crippen LogP contribution < -0.4 is 20.9 Å². The molecular formula is C29H33N7O. The van der Waals surface area contributed by atoms with Crippen molar-refractivity contribution in [2.45, 2.75) is 32.1 Å². The second kappa shape index (κ2) is 9.52. The van der Waals surface area contributed by atoms with Crippen LogP contribution in [0.4, 0.5) is 22.9 Å². The van der Waals surface area contributed by atoms with Crippen LogP contribution in [0.2, 0.25) is 0 Å². The lowest BCUT2D eigenvalue weighted by Gasteiger charge is -2.30. The Labute approximate surface area is 216 Å². The van der Waals surface area contributed by atoms with Gasteiger partial charge in [-0.05, 0) is 79.9 Å². The maximum Gasteiger partial charge on any atom is 0.259 e. The zero-order valence-electron chi connectivity index (χ0n) is 21.3. The van der Waals surface area contributed by atoms with E-state index in [2.05, 4.69) is 62.0 Å². The maximum absolute atomic E-state index is 13.4. The molecule has 0 saturated carbocycles. The predicted molar refractivity (Wildman–Crippen MR) is 149 cm³/mol. The Kier molecular flexibility index (Phi) is 6.04. The van der Waals surface area contributed by atoms with Crippen molar-refractivity contribution in [1.29, 1.82) is 0 Å². The van der Waals surface area contributed by atoms with Crippen molar-refractivity contribution in [3.05, 3.63) is 72.1 Å². The minimum atomic E-state index is -0.194. The highest BCUT2D eigenvalue weighted by atomic mass is 16.1. The van der Waals surface area contributed by atoms with Gasteiger partial charge in [-0.3, -0.25) is 9.89 Å². The fourth-order valence-electron chi connectivity index (χ4n) is 5.67. The van der Waals surface area contributed by atoms with Crippen LogP contribution in [0, 0.1) is 5.92 Å². The quantitative estimate of drug-likeness (QED) is 0.299. The summed E-state index contributed by atoms with van der Waals surface area (Å²) in [6.45, 7) is 8.87. The lowest BCUT2D eigenvalue weighted by Crippen LogP contribution is -2.37. The van der Waals surface area contributed by atoms with Crippen molar-refractivity contribution in [3.63, 3.8) is 0 Å². The number of amides is 1. The van der Waals surface area contributed by atoms with E-state index in [1.807, 2.05) is 24.3 Å². The molecule has 0 aliphatic carbocycles. The molecule has 1 fully saturated rings. The highest BCUT2D eigenvalue weighted by Crippen LogP contribution is 2.42. The predicted octanol–water partition coefficient (Wildman–Crippen LogP) is 5.05. The maximum atomic E-state index is 13.4. The van der Waals surface area contributed by atoms with Crippen molar-refractivity contribution in [1.82, 2.24) is 20.5 Å². The molecule has 1 saturated heterocycles. The van der Waals surface area contributed by atoms with Gasteiger partial charge in [0.05, 0.1) is 17.3 Å². The van der Waals surface area contributed by atoms with Gasteiger partial charge in [0.25, 0.3) is 5.91 Å². The monoisotopic (exact) mass is 495 g/mol. The Morgan fingerprint density at radius 1 is 1.11 bits per heavy atom. The first-order chi connectivity index (χ1) is 18.0. The van der Waals surface area contributed by atoms with Gasteiger partial charge < -0.3 is 20.9 Å². The number of pyridine rings is 1.